The molecule has 2 aromatic carbocycles. The molecule has 0 spiro atoms. The standard InChI is InChI=1S/C18H18Br2N2O4/c1-4-26-15-6-5-11(8-16(15)24-2)18(23)22-21-10-12-7-13(19)9-14(20)17(12)25-3/h5-10H,4H2,1-3H3,(H,22,23)/b21-10+. The summed E-state index contributed by atoms with van der Waals surface area (Å²) in [6.07, 6.45) is 1.51. The number of ether oxygens (including phenoxy) is 3. The Morgan fingerprint density at radius 3 is 2.58 bits per heavy atom. The molecule has 0 saturated heterocycles. The van der Waals surface area contributed by atoms with E-state index in [4.69, 9.17) is 14.2 Å². The van der Waals surface area contributed by atoms with Gasteiger partial charge in [0.25, 0.3) is 5.91 Å². The van der Waals surface area contributed by atoms with Crippen LogP contribution in [-0.4, -0.2) is 32.9 Å². The summed E-state index contributed by atoms with van der Waals surface area (Å²) in [5.74, 6) is 1.32. The zero-order chi connectivity index (χ0) is 19.1. The van der Waals surface area contributed by atoms with Crippen LogP contribution in [0.1, 0.15) is 22.8 Å². The Kier molecular flexibility index (Phi) is 7.47. The first-order chi connectivity index (χ1) is 12.5. The summed E-state index contributed by atoms with van der Waals surface area (Å²) in [5, 5.41) is 4.00. The number of hydrogen-bond acceptors (Lipinski definition) is 5. The molecular formula is C18H18Br2N2O4. The summed E-state index contributed by atoms with van der Waals surface area (Å²) in [6.45, 7) is 2.39. The average molecular weight is 486 g/mol. The van der Waals surface area contributed by atoms with Gasteiger partial charge < -0.3 is 14.2 Å². The molecule has 138 valence electrons. The molecule has 2 aromatic rings. The Bertz CT molecular complexity index is 825. The van der Waals surface area contributed by atoms with E-state index >= 15 is 0 Å². The lowest BCUT2D eigenvalue weighted by molar-refractivity contribution is 0.0954. The minimum Gasteiger partial charge on any atom is -0.495 e. The normalized spacial score (nSPS) is 10.7. The van der Waals surface area contributed by atoms with E-state index in [0.29, 0.717) is 35.0 Å². The lowest BCUT2D eigenvalue weighted by Crippen LogP contribution is -2.17. The lowest BCUT2D eigenvalue weighted by atomic mass is 10.2. The van der Waals surface area contributed by atoms with Crippen LogP contribution in [0.2, 0.25) is 0 Å². The van der Waals surface area contributed by atoms with Crippen LogP contribution in [0.25, 0.3) is 0 Å². The topological polar surface area (TPSA) is 69.2 Å². The lowest BCUT2D eigenvalue weighted by Gasteiger charge is -2.10. The van der Waals surface area contributed by atoms with Crippen molar-refractivity contribution < 1.29 is 19.0 Å². The third-order valence-electron chi connectivity index (χ3n) is 3.34. The first kappa shape index (κ1) is 20.3. The van der Waals surface area contributed by atoms with Crippen molar-refractivity contribution >= 4 is 44.0 Å². The fourth-order valence-corrected chi connectivity index (χ4v) is 3.62. The summed E-state index contributed by atoms with van der Waals surface area (Å²) in [7, 11) is 3.09. The van der Waals surface area contributed by atoms with Crippen molar-refractivity contribution in [3.8, 4) is 17.2 Å². The second kappa shape index (κ2) is 9.59. The minimum absolute atomic E-state index is 0.365. The van der Waals surface area contributed by atoms with Gasteiger partial charge in [-0.3, -0.25) is 4.79 Å². The highest BCUT2D eigenvalue weighted by atomic mass is 79.9. The van der Waals surface area contributed by atoms with E-state index in [9.17, 15) is 4.79 Å². The molecule has 0 bridgehead atoms. The van der Waals surface area contributed by atoms with Gasteiger partial charge in [-0.05, 0) is 53.2 Å². The van der Waals surface area contributed by atoms with Crippen LogP contribution in [0.3, 0.4) is 0 Å². The van der Waals surface area contributed by atoms with E-state index < -0.39 is 0 Å². The quantitative estimate of drug-likeness (QED) is 0.466. The van der Waals surface area contributed by atoms with E-state index in [1.54, 1.807) is 25.3 Å². The smallest absolute Gasteiger partial charge is 0.271 e. The summed E-state index contributed by atoms with van der Waals surface area (Å²) < 4.78 is 17.7. The third kappa shape index (κ3) is 4.98. The van der Waals surface area contributed by atoms with E-state index in [2.05, 4.69) is 42.4 Å². The number of methoxy groups -OCH3 is 2. The van der Waals surface area contributed by atoms with Gasteiger partial charge in [0.05, 0.1) is 31.5 Å². The Morgan fingerprint density at radius 2 is 1.92 bits per heavy atom. The highest BCUT2D eigenvalue weighted by Gasteiger charge is 2.11. The molecule has 8 heteroatoms. The van der Waals surface area contributed by atoms with Crippen LogP contribution in [0.15, 0.2) is 44.4 Å². The van der Waals surface area contributed by atoms with Gasteiger partial charge in [-0.1, -0.05) is 15.9 Å². The summed E-state index contributed by atoms with van der Waals surface area (Å²) in [5.41, 5.74) is 3.60. The van der Waals surface area contributed by atoms with Crippen LogP contribution in [0.4, 0.5) is 0 Å². The SMILES string of the molecule is CCOc1ccc(C(=O)N/N=C/c2cc(Br)cc(Br)c2OC)cc1OC. The second-order valence-corrected chi connectivity index (χ2v) is 6.78. The number of carbonyl (C=O) groups excluding carboxylic acids is 1. The van der Waals surface area contributed by atoms with Crippen molar-refractivity contribution in [3.05, 3.63) is 50.4 Å². The van der Waals surface area contributed by atoms with Crippen molar-refractivity contribution in [2.24, 2.45) is 5.10 Å². The van der Waals surface area contributed by atoms with Crippen molar-refractivity contribution in [1.29, 1.82) is 0 Å². The second-order valence-electron chi connectivity index (χ2n) is 5.01. The fourth-order valence-electron chi connectivity index (χ4n) is 2.20. The average Bonchev–Trinajstić information content (AvgIpc) is 2.61. The molecule has 0 aliphatic heterocycles. The number of hydrogen-bond donors (Lipinski definition) is 1. The predicted octanol–water partition coefficient (Wildman–Crippen LogP) is 4.39. The van der Waals surface area contributed by atoms with Gasteiger partial charge in [0, 0.05) is 15.6 Å². The Hall–Kier alpha value is -2.06. The Morgan fingerprint density at radius 1 is 1.15 bits per heavy atom. The molecule has 0 aliphatic carbocycles. The van der Waals surface area contributed by atoms with Crippen LogP contribution in [0, 0.1) is 0 Å². The van der Waals surface area contributed by atoms with Gasteiger partial charge in [-0.2, -0.15) is 5.10 Å². The molecule has 0 heterocycles. The van der Waals surface area contributed by atoms with Crippen molar-refractivity contribution in [1.82, 2.24) is 5.43 Å². The van der Waals surface area contributed by atoms with Gasteiger partial charge >= 0.3 is 0 Å². The molecule has 2 rings (SSSR count). The van der Waals surface area contributed by atoms with Crippen LogP contribution in [0.5, 0.6) is 17.2 Å². The number of rotatable bonds is 7. The van der Waals surface area contributed by atoms with Crippen LogP contribution in [-0.2, 0) is 0 Å². The molecule has 0 aromatic heterocycles. The predicted molar refractivity (Wildman–Crippen MR) is 108 cm³/mol. The van der Waals surface area contributed by atoms with Gasteiger partial charge in [0.2, 0.25) is 0 Å². The van der Waals surface area contributed by atoms with Crippen LogP contribution < -0.4 is 19.6 Å². The maximum Gasteiger partial charge on any atom is 0.271 e. The number of hydrazone groups is 1. The molecule has 6 nitrogen and oxygen atoms in total. The zero-order valence-corrected chi connectivity index (χ0v) is 17.7. The Labute approximate surface area is 168 Å². The molecular weight excluding hydrogens is 468 g/mol. The van der Waals surface area contributed by atoms with E-state index in [-0.39, 0.29) is 5.91 Å². The van der Waals surface area contributed by atoms with Gasteiger partial charge in [0.15, 0.2) is 11.5 Å². The van der Waals surface area contributed by atoms with Crippen molar-refractivity contribution in [2.75, 3.05) is 20.8 Å². The number of halogens is 2. The van der Waals surface area contributed by atoms with Crippen molar-refractivity contribution in [3.63, 3.8) is 0 Å². The Balaban J connectivity index is 2.15. The molecule has 0 aliphatic rings. The monoisotopic (exact) mass is 484 g/mol. The zero-order valence-electron chi connectivity index (χ0n) is 14.5. The third-order valence-corrected chi connectivity index (χ3v) is 4.38. The highest BCUT2D eigenvalue weighted by Crippen LogP contribution is 2.31. The molecule has 0 radical (unpaired) electrons. The summed E-state index contributed by atoms with van der Waals surface area (Å²) >= 11 is 6.83. The van der Waals surface area contributed by atoms with E-state index in [0.717, 1.165) is 8.95 Å². The minimum atomic E-state index is -0.365. The number of carbonyl (C=O) groups is 1. The van der Waals surface area contributed by atoms with Crippen LogP contribution >= 0.6 is 31.9 Å². The van der Waals surface area contributed by atoms with E-state index in [1.165, 1.54) is 13.3 Å². The fraction of sp³-hybridized carbons (Fsp3) is 0.222. The maximum atomic E-state index is 12.3. The molecule has 1 amide bonds. The number of nitrogens with zero attached hydrogens (tertiary/aromatic N) is 1. The number of amides is 1. The van der Waals surface area contributed by atoms with Crippen molar-refractivity contribution in [2.45, 2.75) is 6.92 Å². The largest absolute Gasteiger partial charge is 0.495 e. The van der Waals surface area contributed by atoms with Gasteiger partial charge in [-0.15, -0.1) is 0 Å². The molecule has 0 saturated carbocycles. The van der Waals surface area contributed by atoms with E-state index in [1.807, 2.05) is 19.1 Å². The molecule has 1 N–H and O–H groups in total. The molecule has 0 atom stereocenters. The number of nitrogens with one attached hydrogen (secondary N) is 1. The molecule has 0 unspecified atom stereocenters. The molecule has 0 fully saturated rings. The summed E-state index contributed by atoms with van der Waals surface area (Å²) in [4.78, 5) is 12.3. The maximum absolute atomic E-state index is 12.3. The van der Waals surface area contributed by atoms with Gasteiger partial charge in [-0.25, -0.2) is 5.43 Å². The number of benzene rings is 2. The molecule has 26 heavy (non-hydrogen) atoms. The highest BCUT2D eigenvalue weighted by molar-refractivity contribution is 9.11. The summed E-state index contributed by atoms with van der Waals surface area (Å²) in [6, 6.07) is 8.64. The van der Waals surface area contributed by atoms with Gasteiger partial charge in [0.1, 0.15) is 5.75 Å². The first-order valence-electron chi connectivity index (χ1n) is 7.67. The first-order valence-corrected chi connectivity index (χ1v) is 9.26.